The van der Waals surface area contributed by atoms with Crippen LogP contribution in [0.25, 0.3) is 0 Å². The zero-order valence-electron chi connectivity index (χ0n) is 7.37. The van der Waals surface area contributed by atoms with E-state index >= 15 is 0 Å². The van der Waals surface area contributed by atoms with Crippen LogP contribution in [0, 0.1) is 0 Å². The van der Waals surface area contributed by atoms with Crippen LogP contribution in [0.2, 0.25) is 0 Å². The van der Waals surface area contributed by atoms with E-state index in [1.54, 1.807) is 0 Å². The molecule has 0 aliphatic rings. The average Bonchev–Trinajstić information content (AvgIpc) is 2.19. The van der Waals surface area contributed by atoms with Crippen molar-refractivity contribution in [1.82, 2.24) is 0 Å². The minimum Gasteiger partial charge on any atom is -0.494 e. The summed E-state index contributed by atoms with van der Waals surface area (Å²) in [4.78, 5) is 0. The molecule has 0 radical (unpaired) electrons. The lowest BCUT2D eigenvalue weighted by molar-refractivity contribution is 0.281. The highest BCUT2D eigenvalue weighted by molar-refractivity contribution is 6.17. The molecule has 0 spiro atoms. The van der Waals surface area contributed by atoms with Gasteiger partial charge < -0.3 is 9.84 Å². The number of benzene rings is 1. The van der Waals surface area contributed by atoms with Gasteiger partial charge in [-0.25, -0.2) is 0 Å². The Balaban J connectivity index is 2.40. The van der Waals surface area contributed by atoms with Gasteiger partial charge in [-0.3, -0.25) is 0 Å². The Kier molecular flexibility index (Phi) is 4.65. The average molecular weight is 201 g/mol. The molecule has 1 aromatic carbocycles. The predicted octanol–water partition coefficient (Wildman–Crippen LogP) is 2.19. The minimum atomic E-state index is 0.0714. The third-order valence-electron chi connectivity index (χ3n) is 1.65. The van der Waals surface area contributed by atoms with Crippen LogP contribution in [0.1, 0.15) is 12.0 Å². The maximum absolute atomic E-state index is 8.78. The first-order chi connectivity index (χ1) is 6.36. The molecule has 0 bridgehead atoms. The summed E-state index contributed by atoms with van der Waals surface area (Å²) in [6.45, 7) is 0.712. The van der Waals surface area contributed by atoms with E-state index in [2.05, 4.69) is 0 Å². The molecule has 0 atom stereocenters. The van der Waals surface area contributed by atoms with Gasteiger partial charge in [0, 0.05) is 5.88 Å². The lowest BCUT2D eigenvalue weighted by atomic mass is 10.2. The van der Waals surface area contributed by atoms with Crippen LogP contribution in [-0.4, -0.2) is 17.6 Å². The fourth-order valence-electron chi connectivity index (χ4n) is 0.936. The number of rotatable bonds is 5. The van der Waals surface area contributed by atoms with Gasteiger partial charge in [0.25, 0.3) is 0 Å². The molecule has 0 saturated carbocycles. The van der Waals surface area contributed by atoms with Crippen LogP contribution in [-0.2, 0) is 6.61 Å². The molecule has 72 valence electrons. The maximum atomic E-state index is 8.78. The highest BCUT2D eigenvalue weighted by Crippen LogP contribution is 2.12. The van der Waals surface area contributed by atoms with Gasteiger partial charge in [-0.2, -0.15) is 0 Å². The summed E-state index contributed by atoms with van der Waals surface area (Å²) in [5, 5.41) is 8.78. The second-order valence-electron chi connectivity index (χ2n) is 2.69. The predicted molar refractivity (Wildman–Crippen MR) is 53.2 cm³/mol. The van der Waals surface area contributed by atoms with E-state index in [0.717, 1.165) is 17.7 Å². The van der Waals surface area contributed by atoms with Gasteiger partial charge in [0.05, 0.1) is 13.2 Å². The van der Waals surface area contributed by atoms with Crippen LogP contribution in [0.4, 0.5) is 0 Å². The van der Waals surface area contributed by atoms with Crippen LogP contribution in [0.15, 0.2) is 24.3 Å². The van der Waals surface area contributed by atoms with Gasteiger partial charge in [0.2, 0.25) is 0 Å². The number of hydrogen-bond acceptors (Lipinski definition) is 2. The fraction of sp³-hybridized carbons (Fsp3) is 0.400. The van der Waals surface area contributed by atoms with Crippen molar-refractivity contribution in [2.75, 3.05) is 12.5 Å². The molecule has 0 heterocycles. The van der Waals surface area contributed by atoms with E-state index in [1.165, 1.54) is 0 Å². The topological polar surface area (TPSA) is 29.5 Å². The monoisotopic (exact) mass is 200 g/mol. The number of aliphatic hydroxyl groups is 1. The van der Waals surface area contributed by atoms with Crippen LogP contribution in [0.3, 0.4) is 0 Å². The molecule has 0 aliphatic carbocycles. The Morgan fingerprint density at radius 3 is 2.46 bits per heavy atom. The Morgan fingerprint density at radius 1 is 1.23 bits per heavy atom. The molecule has 0 aromatic heterocycles. The van der Waals surface area contributed by atoms with E-state index in [-0.39, 0.29) is 6.61 Å². The summed E-state index contributed by atoms with van der Waals surface area (Å²) >= 11 is 5.50. The van der Waals surface area contributed by atoms with Crippen molar-refractivity contribution in [3.05, 3.63) is 29.8 Å². The van der Waals surface area contributed by atoms with E-state index in [1.807, 2.05) is 24.3 Å². The standard InChI is InChI=1S/C10H13ClO2/c11-6-1-7-13-10-4-2-9(8-12)3-5-10/h2-5,12H,1,6-8H2. The zero-order chi connectivity index (χ0) is 9.52. The van der Waals surface area contributed by atoms with Gasteiger partial charge in [-0.15, -0.1) is 11.6 Å². The second kappa shape index (κ2) is 5.84. The van der Waals surface area contributed by atoms with Crippen LogP contribution < -0.4 is 4.74 Å². The summed E-state index contributed by atoms with van der Waals surface area (Å²) in [6.07, 6.45) is 0.851. The van der Waals surface area contributed by atoms with Crippen molar-refractivity contribution in [3.63, 3.8) is 0 Å². The van der Waals surface area contributed by atoms with E-state index in [9.17, 15) is 0 Å². The summed E-state index contributed by atoms with van der Waals surface area (Å²) < 4.78 is 5.38. The molecule has 0 amide bonds. The minimum absolute atomic E-state index is 0.0714. The van der Waals surface area contributed by atoms with Gasteiger partial charge >= 0.3 is 0 Å². The number of hydrogen-bond donors (Lipinski definition) is 1. The normalized spacial score (nSPS) is 10.0. The molecule has 2 nitrogen and oxygen atoms in total. The molecule has 0 aliphatic heterocycles. The van der Waals surface area contributed by atoms with E-state index in [4.69, 9.17) is 21.4 Å². The molecule has 0 saturated heterocycles. The van der Waals surface area contributed by atoms with Crippen LogP contribution >= 0.6 is 11.6 Å². The Morgan fingerprint density at radius 2 is 1.92 bits per heavy atom. The maximum Gasteiger partial charge on any atom is 0.119 e. The Bertz CT molecular complexity index is 233. The Hall–Kier alpha value is -0.730. The molecule has 0 fully saturated rings. The summed E-state index contributed by atoms with van der Waals surface area (Å²) in [6, 6.07) is 7.38. The smallest absolute Gasteiger partial charge is 0.119 e. The van der Waals surface area contributed by atoms with Crippen molar-refractivity contribution < 1.29 is 9.84 Å². The molecular formula is C10H13ClO2. The van der Waals surface area contributed by atoms with Crippen LogP contribution in [0.5, 0.6) is 5.75 Å². The fourth-order valence-corrected chi connectivity index (χ4v) is 1.04. The molecule has 1 N–H and O–H groups in total. The number of aliphatic hydroxyl groups excluding tert-OH is 1. The zero-order valence-corrected chi connectivity index (χ0v) is 8.13. The molecular weight excluding hydrogens is 188 g/mol. The molecule has 3 heteroatoms. The number of ether oxygens (including phenoxy) is 1. The van der Waals surface area contributed by atoms with E-state index < -0.39 is 0 Å². The molecule has 1 aromatic rings. The van der Waals surface area contributed by atoms with Crippen molar-refractivity contribution in [2.24, 2.45) is 0 Å². The van der Waals surface area contributed by atoms with Gasteiger partial charge in [-0.1, -0.05) is 12.1 Å². The summed E-state index contributed by atoms with van der Waals surface area (Å²) in [7, 11) is 0. The van der Waals surface area contributed by atoms with Crippen molar-refractivity contribution >= 4 is 11.6 Å². The van der Waals surface area contributed by atoms with Gasteiger partial charge in [0.1, 0.15) is 5.75 Å². The Labute approximate surface area is 83.1 Å². The highest BCUT2D eigenvalue weighted by atomic mass is 35.5. The molecule has 0 unspecified atom stereocenters. The first kappa shape index (κ1) is 10.4. The molecule has 1 rings (SSSR count). The number of alkyl halides is 1. The second-order valence-corrected chi connectivity index (χ2v) is 3.07. The number of halogens is 1. The largest absolute Gasteiger partial charge is 0.494 e. The first-order valence-corrected chi connectivity index (χ1v) is 4.79. The highest BCUT2D eigenvalue weighted by Gasteiger charge is 1.93. The lowest BCUT2D eigenvalue weighted by Gasteiger charge is -2.04. The molecule has 13 heavy (non-hydrogen) atoms. The third-order valence-corrected chi connectivity index (χ3v) is 1.92. The quantitative estimate of drug-likeness (QED) is 0.583. The lowest BCUT2D eigenvalue weighted by Crippen LogP contribution is -1.97. The van der Waals surface area contributed by atoms with Gasteiger partial charge in [-0.05, 0) is 24.1 Å². The van der Waals surface area contributed by atoms with Crippen molar-refractivity contribution in [3.8, 4) is 5.75 Å². The van der Waals surface area contributed by atoms with E-state index in [0.29, 0.717) is 12.5 Å². The van der Waals surface area contributed by atoms with Gasteiger partial charge in [0.15, 0.2) is 0 Å². The first-order valence-electron chi connectivity index (χ1n) is 4.25. The summed E-state index contributed by atoms with van der Waals surface area (Å²) in [5.41, 5.74) is 0.893. The SMILES string of the molecule is OCc1ccc(OCCCCl)cc1. The van der Waals surface area contributed by atoms with Crippen molar-refractivity contribution in [1.29, 1.82) is 0 Å². The third kappa shape index (κ3) is 3.66. The van der Waals surface area contributed by atoms with Crippen molar-refractivity contribution in [2.45, 2.75) is 13.0 Å². The summed E-state index contributed by atoms with van der Waals surface area (Å²) in [5.74, 6) is 1.44.